The van der Waals surface area contributed by atoms with Gasteiger partial charge in [-0.1, -0.05) is 36.4 Å². The van der Waals surface area contributed by atoms with E-state index in [-0.39, 0.29) is 11.8 Å². The zero-order valence-electron chi connectivity index (χ0n) is 15.6. The minimum Gasteiger partial charge on any atom is -0.355 e. The first-order valence-electron chi connectivity index (χ1n) is 8.97. The van der Waals surface area contributed by atoms with Gasteiger partial charge in [0, 0.05) is 34.4 Å². The SMILES string of the molecule is CNC(=O)c1cnc(Nc2ccccc2)c(NC(=O)c2csc3ccccc23)c1. The average molecular weight is 402 g/mol. The fourth-order valence-electron chi connectivity index (χ4n) is 2.93. The highest BCUT2D eigenvalue weighted by Gasteiger charge is 2.16. The van der Waals surface area contributed by atoms with Crippen LogP contribution < -0.4 is 16.0 Å². The van der Waals surface area contributed by atoms with E-state index in [1.807, 2.05) is 60.0 Å². The molecular formula is C22H18N4O2S. The number of benzene rings is 2. The van der Waals surface area contributed by atoms with Gasteiger partial charge in [-0.05, 0) is 24.3 Å². The number of hydrogen-bond acceptors (Lipinski definition) is 5. The van der Waals surface area contributed by atoms with Crippen molar-refractivity contribution in [3.05, 3.63) is 83.4 Å². The van der Waals surface area contributed by atoms with Crippen molar-refractivity contribution < 1.29 is 9.59 Å². The van der Waals surface area contributed by atoms with Crippen molar-refractivity contribution in [3.8, 4) is 0 Å². The number of nitrogens with one attached hydrogen (secondary N) is 3. The lowest BCUT2D eigenvalue weighted by molar-refractivity contribution is 0.0961. The second kappa shape index (κ2) is 8.12. The first-order chi connectivity index (χ1) is 14.2. The maximum absolute atomic E-state index is 13.0. The number of para-hydroxylation sites is 1. The molecule has 4 rings (SSSR count). The zero-order chi connectivity index (χ0) is 20.2. The van der Waals surface area contributed by atoms with Crippen molar-refractivity contribution >= 4 is 50.4 Å². The van der Waals surface area contributed by atoms with Crippen molar-refractivity contribution in [2.24, 2.45) is 0 Å². The summed E-state index contributed by atoms with van der Waals surface area (Å²) in [6.45, 7) is 0. The van der Waals surface area contributed by atoms with Crippen LogP contribution in [0.5, 0.6) is 0 Å². The number of amides is 2. The predicted octanol–water partition coefficient (Wildman–Crippen LogP) is 4.65. The van der Waals surface area contributed by atoms with Crippen molar-refractivity contribution in [2.45, 2.75) is 0 Å². The summed E-state index contributed by atoms with van der Waals surface area (Å²) in [5.41, 5.74) is 2.19. The van der Waals surface area contributed by atoms with Crippen LogP contribution in [0.2, 0.25) is 0 Å². The Morgan fingerprint density at radius 1 is 0.966 bits per heavy atom. The molecule has 4 aromatic rings. The number of pyridine rings is 1. The molecule has 0 atom stereocenters. The molecule has 0 radical (unpaired) electrons. The normalized spacial score (nSPS) is 10.5. The van der Waals surface area contributed by atoms with Crippen LogP contribution in [0.25, 0.3) is 10.1 Å². The molecular weight excluding hydrogens is 384 g/mol. The van der Waals surface area contributed by atoms with E-state index in [2.05, 4.69) is 20.9 Å². The Bertz CT molecular complexity index is 1190. The number of rotatable bonds is 5. The lowest BCUT2D eigenvalue weighted by Gasteiger charge is -2.13. The summed E-state index contributed by atoms with van der Waals surface area (Å²) >= 11 is 1.52. The van der Waals surface area contributed by atoms with Crippen LogP contribution in [0.15, 0.2) is 72.2 Å². The van der Waals surface area contributed by atoms with Crippen LogP contribution in [0.3, 0.4) is 0 Å². The van der Waals surface area contributed by atoms with Crippen LogP contribution >= 0.6 is 11.3 Å². The van der Waals surface area contributed by atoms with E-state index in [1.165, 1.54) is 17.5 Å². The molecule has 29 heavy (non-hydrogen) atoms. The van der Waals surface area contributed by atoms with Gasteiger partial charge >= 0.3 is 0 Å². The summed E-state index contributed by atoms with van der Waals surface area (Å²) < 4.78 is 1.04. The Kier molecular flexibility index (Phi) is 5.22. The Balaban J connectivity index is 1.69. The van der Waals surface area contributed by atoms with E-state index in [9.17, 15) is 9.59 Å². The van der Waals surface area contributed by atoms with Crippen molar-refractivity contribution in [1.29, 1.82) is 0 Å². The van der Waals surface area contributed by atoms with Crippen LogP contribution in [0.4, 0.5) is 17.2 Å². The molecule has 7 heteroatoms. The molecule has 0 aliphatic heterocycles. The second-order valence-electron chi connectivity index (χ2n) is 6.29. The molecule has 0 spiro atoms. The van der Waals surface area contributed by atoms with E-state index in [0.29, 0.717) is 22.6 Å². The molecule has 2 aromatic carbocycles. The standard InChI is InChI=1S/C22H18N4O2S/c1-23-21(27)14-11-18(20(24-12-14)25-15-7-3-2-4-8-15)26-22(28)17-13-29-19-10-6-5-9-16(17)19/h2-13H,1H3,(H,23,27)(H,24,25)(H,26,28). The van der Waals surface area contributed by atoms with Gasteiger partial charge in [0.1, 0.15) is 0 Å². The van der Waals surface area contributed by atoms with Crippen molar-refractivity contribution in [3.63, 3.8) is 0 Å². The summed E-state index contributed by atoms with van der Waals surface area (Å²) in [7, 11) is 1.55. The monoisotopic (exact) mass is 402 g/mol. The molecule has 0 aliphatic carbocycles. The molecule has 0 unspecified atom stereocenters. The molecule has 2 heterocycles. The Morgan fingerprint density at radius 3 is 2.52 bits per heavy atom. The molecule has 2 aromatic heterocycles. The summed E-state index contributed by atoms with van der Waals surface area (Å²) in [6.07, 6.45) is 1.47. The molecule has 0 saturated heterocycles. The van der Waals surface area contributed by atoms with Gasteiger partial charge < -0.3 is 16.0 Å². The number of nitrogens with zero attached hydrogens (tertiary/aromatic N) is 1. The lowest BCUT2D eigenvalue weighted by atomic mass is 10.1. The number of fused-ring (bicyclic) bond motifs is 1. The first-order valence-corrected chi connectivity index (χ1v) is 9.85. The maximum atomic E-state index is 13.0. The van der Waals surface area contributed by atoms with Crippen LogP contribution in [-0.2, 0) is 0 Å². The number of carbonyl (C=O) groups excluding carboxylic acids is 2. The number of aromatic nitrogens is 1. The quantitative estimate of drug-likeness (QED) is 0.454. The fraction of sp³-hybridized carbons (Fsp3) is 0.0455. The molecule has 0 bridgehead atoms. The highest BCUT2D eigenvalue weighted by atomic mass is 32.1. The average Bonchev–Trinajstić information content (AvgIpc) is 3.19. The Morgan fingerprint density at radius 2 is 1.72 bits per heavy atom. The van der Waals surface area contributed by atoms with Gasteiger partial charge in [0.25, 0.3) is 11.8 Å². The number of thiophene rings is 1. The van der Waals surface area contributed by atoms with Gasteiger partial charge in [-0.25, -0.2) is 4.98 Å². The van der Waals surface area contributed by atoms with E-state index < -0.39 is 0 Å². The molecule has 144 valence electrons. The predicted molar refractivity (Wildman–Crippen MR) is 117 cm³/mol. The minimum absolute atomic E-state index is 0.255. The molecule has 0 fully saturated rings. The summed E-state index contributed by atoms with van der Waals surface area (Å²) in [5.74, 6) is -0.0774. The minimum atomic E-state index is -0.278. The third-order valence-electron chi connectivity index (χ3n) is 4.39. The summed E-state index contributed by atoms with van der Waals surface area (Å²) in [5, 5.41) is 11.4. The zero-order valence-corrected chi connectivity index (χ0v) is 16.4. The smallest absolute Gasteiger partial charge is 0.257 e. The summed E-state index contributed by atoms with van der Waals surface area (Å²) in [6, 6.07) is 18.9. The molecule has 2 amide bonds. The maximum Gasteiger partial charge on any atom is 0.257 e. The van der Waals surface area contributed by atoms with Gasteiger partial charge in [0.15, 0.2) is 5.82 Å². The third-order valence-corrected chi connectivity index (χ3v) is 5.35. The van der Waals surface area contributed by atoms with Gasteiger partial charge in [0.05, 0.1) is 16.8 Å². The Hall–Kier alpha value is -3.71. The van der Waals surface area contributed by atoms with E-state index in [0.717, 1.165) is 15.8 Å². The van der Waals surface area contributed by atoms with Gasteiger partial charge in [-0.3, -0.25) is 9.59 Å². The van der Waals surface area contributed by atoms with E-state index >= 15 is 0 Å². The first kappa shape index (κ1) is 18.6. The third kappa shape index (κ3) is 3.95. The second-order valence-corrected chi connectivity index (χ2v) is 7.20. The van der Waals surface area contributed by atoms with Crippen molar-refractivity contribution in [2.75, 3.05) is 17.7 Å². The van der Waals surface area contributed by atoms with Crippen molar-refractivity contribution in [1.82, 2.24) is 10.3 Å². The topological polar surface area (TPSA) is 83.1 Å². The van der Waals surface area contributed by atoms with Crippen LogP contribution in [-0.4, -0.2) is 23.8 Å². The highest BCUT2D eigenvalue weighted by molar-refractivity contribution is 7.17. The molecule has 0 aliphatic rings. The molecule has 6 nitrogen and oxygen atoms in total. The molecule has 3 N–H and O–H groups in total. The van der Waals surface area contributed by atoms with Gasteiger partial charge in [-0.2, -0.15) is 0 Å². The number of anilines is 3. The van der Waals surface area contributed by atoms with Crippen LogP contribution in [0.1, 0.15) is 20.7 Å². The Labute approximate surface area is 171 Å². The number of hydrogen-bond donors (Lipinski definition) is 3. The van der Waals surface area contributed by atoms with Gasteiger partial charge in [-0.15, -0.1) is 11.3 Å². The van der Waals surface area contributed by atoms with E-state index in [4.69, 9.17) is 0 Å². The lowest BCUT2D eigenvalue weighted by Crippen LogP contribution is -2.19. The number of carbonyl (C=O) groups is 2. The van der Waals surface area contributed by atoms with E-state index in [1.54, 1.807) is 13.1 Å². The molecule has 0 saturated carbocycles. The highest BCUT2D eigenvalue weighted by Crippen LogP contribution is 2.29. The fourth-order valence-corrected chi connectivity index (χ4v) is 3.87. The van der Waals surface area contributed by atoms with Gasteiger partial charge in [0.2, 0.25) is 0 Å². The van der Waals surface area contributed by atoms with Crippen LogP contribution in [0, 0.1) is 0 Å². The summed E-state index contributed by atoms with van der Waals surface area (Å²) in [4.78, 5) is 29.4. The largest absolute Gasteiger partial charge is 0.355 e.